The molecule has 0 atom stereocenters. The van der Waals surface area contributed by atoms with Crippen LogP contribution in [-0.4, -0.2) is 57.6 Å². The van der Waals surface area contributed by atoms with Gasteiger partial charge in [-0.3, -0.25) is 9.59 Å². The molecule has 0 spiro atoms. The molecule has 2 heterocycles. The quantitative estimate of drug-likeness (QED) is 0.642. The number of halogens is 2. The number of rotatable bonds is 3. The molecule has 0 N–H and O–H groups in total. The minimum atomic E-state index is -0.410. The molecule has 2 aromatic carbocycles. The lowest BCUT2D eigenvalue weighted by atomic mass is 10.1. The fourth-order valence-electron chi connectivity index (χ4n) is 3.50. The highest BCUT2D eigenvalue weighted by molar-refractivity contribution is 6.30. The number of aromatic nitrogens is 2. The first-order valence-electron chi connectivity index (χ1n) is 9.60. The SMILES string of the molecule is CC(=O)N1CCN(C(=O)c2cc(-c3ccccc3F)nn2-c2ccc(Cl)cc2)CC1. The van der Waals surface area contributed by atoms with Crippen molar-refractivity contribution >= 4 is 23.4 Å². The second-order valence-electron chi connectivity index (χ2n) is 7.08. The van der Waals surface area contributed by atoms with Gasteiger partial charge in [0.1, 0.15) is 11.5 Å². The van der Waals surface area contributed by atoms with Gasteiger partial charge >= 0.3 is 0 Å². The van der Waals surface area contributed by atoms with Crippen LogP contribution in [0.3, 0.4) is 0 Å². The molecule has 0 saturated carbocycles. The highest BCUT2D eigenvalue weighted by atomic mass is 35.5. The van der Waals surface area contributed by atoms with E-state index in [1.807, 2.05) is 0 Å². The molecular weight excluding hydrogens is 407 g/mol. The summed E-state index contributed by atoms with van der Waals surface area (Å²) >= 11 is 6.00. The van der Waals surface area contributed by atoms with E-state index >= 15 is 0 Å². The highest BCUT2D eigenvalue weighted by Crippen LogP contribution is 2.26. The van der Waals surface area contributed by atoms with Crippen molar-refractivity contribution in [2.45, 2.75) is 6.92 Å². The topological polar surface area (TPSA) is 58.4 Å². The molecule has 1 aliphatic rings. The molecule has 1 fully saturated rings. The summed E-state index contributed by atoms with van der Waals surface area (Å²) in [6.07, 6.45) is 0. The van der Waals surface area contributed by atoms with Crippen LogP contribution in [0.1, 0.15) is 17.4 Å². The number of nitrogens with zero attached hydrogens (tertiary/aromatic N) is 4. The molecule has 1 aliphatic heterocycles. The second kappa shape index (κ2) is 8.28. The van der Waals surface area contributed by atoms with Crippen LogP contribution in [0.25, 0.3) is 16.9 Å². The van der Waals surface area contributed by atoms with Crippen molar-refractivity contribution in [1.82, 2.24) is 19.6 Å². The van der Waals surface area contributed by atoms with Crippen LogP contribution in [-0.2, 0) is 4.79 Å². The first-order valence-corrected chi connectivity index (χ1v) is 9.97. The molecular formula is C22H20ClFN4O2. The zero-order valence-corrected chi connectivity index (χ0v) is 17.1. The largest absolute Gasteiger partial charge is 0.339 e. The van der Waals surface area contributed by atoms with Crippen molar-refractivity contribution in [2.24, 2.45) is 0 Å². The van der Waals surface area contributed by atoms with Crippen molar-refractivity contribution in [3.8, 4) is 16.9 Å². The van der Waals surface area contributed by atoms with Crippen LogP contribution in [0, 0.1) is 5.82 Å². The van der Waals surface area contributed by atoms with Crippen LogP contribution >= 0.6 is 11.6 Å². The van der Waals surface area contributed by atoms with E-state index in [1.54, 1.807) is 58.3 Å². The minimum absolute atomic E-state index is 0.00450. The van der Waals surface area contributed by atoms with Crippen molar-refractivity contribution in [1.29, 1.82) is 0 Å². The Kier molecular flexibility index (Phi) is 5.55. The van der Waals surface area contributed by atoms with Gasteiger partial charge in [-0.15, -0.1) is 0 Å². The van der Waals surface area contributed by atoms with Crippen molar-refractivity contribution in [2.75, 3.05) is 26.2 Å². The maximum Gasteiger partial charge on any atom is 0.272 e. The smallest absolute Gasteiger partial charge is 0.272 e. The molecule has 0 radical (unpaired) electrons. The molecule has 6 nitrogen and oxygen atoms in total. The second-order valence-corrected chi connectivity index (χ2v) is 7.52. The predicted molar refractivity (Wildman–Crippen MR) is 112 cm³/mol. The fourth-order valence-corrected chi connectivity index (χ4v) is 3.63. The first kappa shape index (κ1) is 20.1. The van der Waals surface area contributed by atoms with Gasteiger partial charge in [0.05, 0.1) is 11.4 Å². The monoisotopic (exact) mass is 426 g/mol. The Hall–Kier alpha value is -3.19. The van der Waals surface area contributed by atoms with Gasteiger partial charge in [0.2, 0.25) is 5.91 Å². The number of piperazine rings is 1. The Morgan fingerprint density at radius 2 is 1.60 bits per heavy atom. The number of carbonyl (C=O) groups excluding carboxylic acids is 2. The van der Waals surface area contributed by atoms with E-state index < -0.39 is 5.82 Å². The van der Waals surface area contributed by atoms with Crippen LogP contribution in [0.4, 0.5) is 4.39 Å². The number of carbonyl (C=O) groups is 2. The third kappa shape index (κ3) is 3.93. The Balaban J connectivity index is 1.72. The van der Waals surface area contributed by atoms with E-state index in [1.165, 1.54) is 17.7 Å². The summed E-state index contributed by atoms with van der Waals surface area (Å²) in [6, 6.07) is 14.9. The van der Waals surface area contributed by atoms with E-state index in [-0.39, 0.29) is 11.8 Å². The van der Waals surface area contributed by atoms with E-state index in [2.05, 4.69) is 5.10 Å². The molecule has 0 unspecified atom stereocenters. The van der Waals surface area contributed by atoms with Gasteiger partial charge in [-0.25, -0.2) is 9.07 Å². The molecule has 4 rings (SSSR count). The van der Waals surface area contributed by atoms with Crippen molar-refractivity contribution in [3.63, 3.8) is 0 Å². The Morgan fingerprint density at radius 3 is 2.23 bits per heavy atom. The molecule has 0 aliphatic carbocycles. The maximum atomic E-state index is 14.3. The van der Waals surface area contributed by atoms with Gasteiger partial charge in [-0.05, 0) is 42.5 Å². The Morgan fingerprint density at radius 1 is 0.967 bits per heavy atom. The maximum absolute atomic E-state index is 14.3. The van der Waals surface area contributed by atoms with Gasteiger partial charge in [-0.1, -0.05) is 23.7 Å². The molecule has 8 heteroatoms. The Bertz CT molecular complexity index is 1090. The average Bonchev–Trinajstić information content (AvgIpc) is 3.19. The number of benzene rings is 2. The van der Waals surface area contributed by atoms with Gasteiger partial charge in [-0.2, -0.15) is 5.10 Å². The third-order valence-corrected chi connectivity index (χ3v) is 5.41. The highest BCUT2D eigenvalue weighted by Gasteiger charge is 2.27. The minimum Gasteiger partial charge on any atom is -0.339 e. The van der Waals surface area contributed by atoms with Crippen LogP contribution in [0.15, 0.2) is 54.6 Å². The lowest BCUT2D eigenvalue weighted by molar-refractivity contribution is -0.130. The summed E-state index contributed by atoms with van der Waals surface area (Å²) in [5, 5.41) is 5.09. The number of hydrogen-bond acceptors (Lipinski definition) is 3. The van der Waals surface area contributed by atoms with Gasteiger partial charge in [0, 0.05) is 43.7 Å². The van der Waals surface area contributed by atoms with E-state index in [4.69, 9.17) is 11.6 Å². The molecule has 154 valence electrons. The zero-order valence-electron chi connectivity index (χ0n) is 16.4. The summed E-state index contributed by atoms with van der Waals surface area (Å²) in [6.45, 7) is 3.35. The molecule has 0 bridgehead atoms. The normalized spacial score (nSPS) is 14.1. The molecule has 2 amide bonds. The van der Waals surface area contributed by atoms with E-state index in [0.717, 1.165) is 0 Å². The van der Waals surface area contributed by atoms with Crippen LogP contribution in [0.5, 0.6) is 0 Å². The zero-order chi connectivity index (χ0) is 21.3. The first-order chi connectivity index (χ1) is 14.4. The third-order valence-electron chi connectivity index (χ3n) is 5.16. The average molecular weight is 427 g/mol. The summed E-state index contributed by atoms with van der Waals surface area (Å²) < 4.78 is 15.9. The van der Waals surface area contributed by atoms with E-state index in [9.17, 15) is 14.0 Å². The number of amides is 2. The van der Waals surface area contributed by atoms with Crippen molar-refractivity contribution in [3.05, 3.63) is 71.1 Å². The van der Waals surface area contributed by atoms with Gasteiger partial charge in [0.15, 0.2) is 0 Å². The number of hydrogen-bond donors (Lipinski definition) is 0. The van der Waals surface area contributed by atoms with Crippen molar-refractivity contribution < 1.29 is 14.0 Å². The predicted octanol–water partition coefficient (Wildman–Crippen LogP) is 3.64. The van der Waals surface area contributed by atoms with Gasteiger partial charge < -0.3 is 9.80 Å². The summed E-state index contributed by atoms with van der Waals surface area (Å²) in [5.74, 6) is -0.634. The van der Waals surface area contributed by atoms with Crippen LogP contribution in [0.2, 0.25) is 5.02 Å². The lowest BCUT2D eigenvalue weighted by Crippen LogP contribution is -2.50. The molecule has 1 saturated heterocycles. The van der Waals surface area contributed by atoms with Gasteiger partial charge in [0.25, 0.3) is 5.91 Å². The molecule has 3 aromatic rings. The van der Waals surface area contributed by atoms with Crippen LogP contribution < -0.4 is 0 Å². The Labute approximate surface area is 178 Å². The lowest BCUT2D eigenvalue weighted by Gasteiger charge is -2.34. The standard InChI is InChI=1S/C22H20ClFN4O2/c1-15(29)26-10-12-27(13-11-26)22(30)21-14-20(18-4-2-3-5-19(18)24)25-28(21)17-8-6-16(23)7-9-17/h2-9,14H,10-13H2,1H3. The summed E-state index contributed by atoms with van der Waals surface area (Å²) in [4.78, 5) is 28.3. The molecule has 1 aromatic heterocycles. The van der Waals surface area contributed by atoms with E-state index in [0.29, 0.717) is 53.8 Å². The fraction of sp³-hybridized carbons (Fsp3) is 0.227. The molecule has 30 heavy (non-hydrogen) atoms. The summed E-state index contributed by atoms with van der Waals surface area (Å²) in [7, 11) is 0. The summed E-state index contributed by atoms with van der Waals surface area (Å²) in [5.41, 5.74) is 1.66.